The summed E-state index contributed by atoms with van der Waals surface area (Å²) in [7, 11) is 0. The molecule has 16 heavy (non-hydrogen) atoms. The van der Waals surface area contributed by atoms with Gasteiger partial charge in [-0.15, -0.1) is 11.6 Å². The molecule has 0 fully saturated rings. The lowest BCUT2D eigenvalue weighted by molar-refractivity contribution is -0.141. The van der Waals surface area contributed by atoms with Gasteiger partial charge in [-0.05, 0) is 18.9 Å². The normalized spacial score (nSPS) is 11.5. The zero-order valence-electron chi connectivity index (χ0n) is 8.39. The fraction of sp³-hybridized carbons (Fsp3) is 0.556. The second-order valence-electron chi connectivity index (χ2n) is 3.09. The van der Waals surface area contributed by atoms with Gasteiger partial charge in [-0.2, -0.15) is 13.2 Å². The number of hydrogen-bond donors (Lipinski definition) is 1. The number of halogens is 4. The van der Waals surface area contributed by atoms with Crippen molar-refractivity contribution in [3.8, 4) is 0 Å². The second-order valence-corrected chi connectivity index (χ2v) is 3.46. The number of rotatable bonds is 5. The summed E-state index contributed by atoms with van der Waals surface area (Å²) in [4.78, 5) is 7.06. The first kappa shape index (κ1) is 13.0. The van der Waals surface area contributed by atoms with Crippen LogP contribution < -0.4 is 5.32 Å². The van der Waals surface area contributed by atoms with Gasteiger partial charge in [0.25, 0.3) is 0 Å². The Balaban J connectivity index is 2.54. The molecule has 0 aliphatic carbocycles. The summed E-state index contributed by atoms with van der Waals surface area (Å²) >= 11 is 5.46. The lowest BCUT2D eigenvalue weighted by Gasteiger charge is -2.08. The minimum atomic E-state index is -4.44. The first-order valence-electron chi connectivity index (χ1n) is 4.74. The van der Waals surface area contributed by atoms with Gasteiger partial charge in [0.1, 0.15) is 5.69 Å². The summed E-state index contributed by atoms with van der Waals surface area (Å²) in [5, 5.41) is 2.71. The average Bonchev–Trinajstić information content (AvgIpc) is 2.24. The van der Waals surface area contributed by atoms with Crippen molar-refractivity contribution in [3.05, 3.63) is 18.0 Å². The maximum Gasteiger partial charge on any atom is 0.433 e. The molecule has 1 aromatic rings. The summed E-state index contributed by atoms with van der Waals surface area (Å²) in [5.74, 6) is 0.523. The van der Waals surface area contributed by atoms with Gasteiger partial charge in [-0.3, -0.25) is 0 Å². The second kappa shape index (κ2) is 5.89. The monoisotopic (exact) mass is 253 g/mol. The summed E-state index contributed by atoms with van der Waals surface area (Å²) < 4.78 is 36.8. The molecule has 1 heterocycles. The van der Waals surface area contributed by atoms with E-state index in [0.717, 1.165) is 25.1 Å². The van der Waals surface area contributed by atoms with Crippen molar-refractivity contribution in [2.24, 2.45) is 0 Å². The number of anilines is 1. The van der Waals surface area contributed by atoms with Crippen LogP contribution in [0.4, 0.5) is 19.1 Å². The molecule has 90 valence electrons. The third-order valence-electron chi connectivity index (χ3n) is 1.79. The third kappa shape index (κ3) is 4.22. The number of nitrogens with one attached hydrogen (secondary N) is 1. The van der Waals surface area contributed by atoms with E-state index in [0.29, 0.717) is 12.4 Å². The van der Waals surface area contributed by atoms with Gasteiger partial charge >= 0.3 is 6.18 Å². The molecular weight excluding hydrogens is 243 g/mol. The molecule has 7 heteroatoms. The van der Waals surface area contributed by atoms with E-state index in [2.05, 4.69) is 15.3 Å². The van der Waals surface area contributed by atoms with Crippen LogP contribution in [-0.2, 0) is 6.18 Å². The highest BCUT2D eigenvalue weighted by molar-refractivity contribution is 6.17. The highest BCUT2D eigenvalue weighted by atomic mass is 35.5. The van der Waals surface area contributed by atoms with Crippen LogP contribution in [0.3, 0.4) is 0 Å². The van der Waals surface area contributed by atoms with Crippen molar-refractivity contribution in [1.82, 2.24) is 9.97 Å². The number of alkyl halides is 4. The summed E-state index contributed by atoms with van der Waals surface area (Å²) in [6.07, 6.45) is -1.79. The van der Waals surface area contributed by atoms with E-state index >= 15 is 0 Å². The van der Waals surface area contributed by atoms with E-state index in [1.807, 2.05) is 0 Å². The average molecular weight is 254 g/mol. The molecule has 0 radical (unpaired) electrons. The zero-order chi connectivity index (χ0) is 12.0. The number of aromatic nitrogens is 2. The van der Waals surface area contributed by atoms with E-state index < -0.39 is 11.9 Å². The molecule has 0 atom stereocenters. The fourth-order valence-electron chi connectivity index (χ4n) is 1.02. The van der Waals surface area contributed by atoms with Crippen molar-refractivity contribution >= 4 is 17.5 Å². The van der Waals surface area contributed by atoms with E-state index in [9.17, 15) is 13.2 Å². The topological polar surface area (TPSA) is 37.8 Å². The van der Waals surface area contributed by atoms with Gasteiger partial charge in [-0.1, -0.05) is 0 Å². The van der Waals surface area contributed by atoms with Gasteiger partial charge < -0.3 is 5.32 Å². The molecule has 0 spiro atoms. The summed E-state index contributed by atoms with van der Waals surface area (Å²) in [6, 6.07) is 0.837. The van der Waals surface area contributed by atoms with E-state index in [1.54, 1.807) is 0 Å². The quantitative estimate of drug-likeness (QED) is 0.648. The van der Waals surface area contributed by atoms with Crippen molar-refractivity contribution in [2.75, 3.05) is 17.7 Å². The molecule has 1 aromatic heterocycles. The van der Waals surface area contributed by atoms with E-state index in [-0.39, 0.29) is 5.95 Å². The van der Waals surface area contributed by atoms with E-state index in [4.69, 9.17) is 11.6 Å². The van der Waals surface area contributed by atoms with Gasteiger partial charge in [-0.25, -0.2) is 9.97 Å². The van der Waals surface area contributed by atoms with Crippen LogP contribution in [0.2, 0.25) is 0 Å². The number of unbranched alkanes of at least 4 members (excludes halogenated alkanes) is 1. The van der Waals surface area contributed by atoms with Crippen LogP contribution in [0.15, 0.2) is 12.3 Å². The zero-order valence-corrected chi connectivity index (χ0v) is 9.15. The number of hydrogen-bond acceptors (Lipinski definition) is 3. The van der Waals surface area contributed by atoms with Crippen molar-refractivity contribution < 1.29 is 13.2 Å². The Morgan fingerprint density at radius 3 is 2.69 bits per heavy atom. The minimum Gasteiger partial charge on any atom is -0.354 e. The molecule has 1 N–H and O–H groups in total. The molecular formula is C9H11ClF3N3. The van der Waals surface area contributed by atoms with Crippen LogP contribution in [0.25, 0.3) is 0 Å². The molecule has 0 saturated heterocycles. The fourth-order valence-corrected chi connectivity index (χ4v) is 1.21. The molecule has 0 unspecified atom stereocenters. The molecule has 0 aliphatic rings. The predicted octanol–water partition coefficient (Wildman–Crippen LogP) is 2.93. The first-order chi connectivity index (χ1) is 7.54. The largest absolute Gasteiger partial charge is 0.433 e. The van der Waals surface area contributed by atoms with Crippen molar-refractivity contribution in [2.45, 2.75) is 19.0 Å². The maximum absolute atomic E-state index is 12.3. The van der Waals surface area contributed by atoms with Crippen LogP contribution >= 0.6 is 11.6 Å². The smallest absolute Gasteiger partial charge is 0.354 e. The predicted molar refractivity (Wildman–Crippen MR) is 55.5 cm³/mol. The minimum absolute atomic E-state index is 0.00982. The van der Waals surface area contributed by atoms with Crippen LogP contribution in [0, 0.1) is 0 Å². The standard InChI is InChI=1S/C9H11ClF3N3/c10-4-1-2-5-14-8-15-6-3-7(16-8)9(11,12)13/h3,6H,1-2,4-5H2,(H,14,15,16). The summed E-state index contributed by atoms with van der Waals surface area (Å²) in [5.41, 5.74) is -0.942. The van der Waals surface area contributed by atoms with Crippen LogP contribution in [-0.4, -0.2) is 22.4 Å². The van der Waals surface area contributed by atoms with Crippen LogP contribution in [0.1, 0.15) is 18.5 Å². The Labute approximate surface area is 96.0 Å². The molecule has 0 bridgehead atoms. The summed E-state index contributed by atoms with van der Waals surface area (Å²) in [6.45, 7) is 0.508. The van der Waals surface area contributed by atoms with Gasteiger partial charge in [0.15, 0.2) is 0 Å². The molecule has 0 amide bonds. The number of nitrogens with zero attached hydrogens (tertiary/aromatic N) is 2. The third-order valence-corrected chi connectivity index (χ3v) is 2.06. The Hall–Kier alpha value is -1.04. The van der Waals surface area contributed by atoms with Gasteiger partial charge in [0, 0.05) is 18.6 Å². The van der Waals surface area contributed by atoms with Crippen molar-refractivity contribution in [1.29, 1.82) is 0 Å². The molecule has 0 aliphatic heterocycles. The Bertz CT molecular complexity index is 330. The Morgan fingerprint density at radius 2 is 2.06 bits per heavy atom. The molecule has 3 nitrogen and oxygen atoms in total. The lowest BCUT2D eigenvalue weighted by atomic mass is 10.3. The van der Waals surface area contributed by atoms with Crippen molar-refractivity contribution in [3.63, 3.8) is 0 Å². The SMILES string of the molecule is FC(F)(F)c1ccnc(NCCCCCl)n1. The molecule has 0 saturated carbocycles. The van der Waals surface area contributed by atoms with Crippen LogP contribution in [0.5, 0.6) is 0 Å². The lowest BCUT2D eigenvalue weighted by Crippen LogP contribution is -2.12. The Morgan fingerprint density at radius 1 is 1.31 bits per heavy atom. The van der Waals surface area contributed by atoms with Gasteiger partial charge in [0.2, 0.25) is 5.95 Å². The molecule has 0 aromatic carbocycles. The van der Waals surface area contributed by atoms with E-state index in [1.165, 1.54) is 0 Å². The molecule has 1 rings (SSSR count). The first-order valence-corrected chi connectivity index (χ1v) is 5.27. The maximum atomic E-state index is 12.3. The van der Waals surface area contributed by atoms with Gasteiger partial charge in [0.05, 0.1) is 0 Å². The highest BCUT2D eigenvalue weighted by Crippen LogP contribution is 2.27. The Kier molecular flexibility index (Phi) is 4.79. The highest BCUT2D eigenvalue weighted by Gasteiger charge is 2.32.